The second-order valence-corrected chi connectivity index (χ2v) is 6.52. The SMILES string of the molecule is CCN(C(=O)Cn1c(C2CCCO2)nc2ccccc21)c1ccccc1. The van der Waals surface area contributed by atoms with Crippen molar-refractivity contribution in [2.45, 2.75) is 32.4 Å². The molecule has 5 nitrogen and oxygen atoms in total. The van der Waals surface area contributed by atoms with Gasteiger partial charge in [0.25, 0.3) is 0 Å². The standard InChI is InChI=1S/C21H23N3O2/c1-2-23(16-9-4-3-5-10-16)20(25)15-24-18-12-7-6-11-17(18)22-21(24)19-13-8-14-26-19/h3-7,9-12,19H,2,8,13-15H2,1H3. The Balaban J connectivity index is 1.69. The lowest BCUT2D eigenvalue weighted by molar-refractivity contribution is -0.119. The first kappa shape index (κ1) is 16.8. The normalized spacial score (nSPS) is 16.9. The van der Waals surface area contributed by atoms with Gasteiger partial charge in [-0.25, -0.2) is 4.98 Å². The van der Waals surface area contributed by atoms with Gasteiger partial charge >= 0.3 is 0 Å². The first-order chi connectivity index (χ1) is 12.8. The van der Waals surface area contributed by atoms with Crippen LogP contribution >= 0.6 is 0 Å². The van der Waals surface area contributed by atoms with Gasteiger partial charge in [0.2, 0.25) is 5.91 Å². The van der Waals surface area contributed by atoms with Gasteiger partial charge in [-0.15, -0.1) is 0 Å². The van der Waals surface area contributed by atoms with E-state index >= 15 is 0 Å². The number of ether oxygens (including phenoxy) is 1. The molecule has 1 saturated heterocycles. The Bertz CT molecular complexity index is 898. The zero-order valence-corrected chi connectivity index (χ0v) is 15.0. The highest BCUT2D eigenvalue weighted by molar-refractivity contribution is 5.94. The largest absolute Gasteiger partial charge is 0.370 e. The van der Waals surface area contributed by atoms with Crippen LogP contribution in [0.5, 0.6) is 0 Å². The molecule has 5 heteroatoms. The number of carbonyl (C=O) groups excluding carboxylic acids is 1. The fourth-order valence-electron chi connectivity index (χ4n) is 3.62. The van der Waals surface area contributed by atoms with Crippen LogP contribution in [0.25, 0.3) is 11.0 Å². The summed E-state index contributed by atoms with van der Waals surface area (Å²) in [4.78, 5) is 19.7. The van der Waals surface area contributed by atoms with Gasteiger partial charge in [-0.3, -0.25) is 4.79 Å². The summed E-state index contributed by atoms with van der Waals surface area (Å²) in [5.41, 5.74) is 2.81. The molecule has 1 aliphatic rings. The first-order valence-electron chi connectivity index (χ1n) is 9.20. The van der Waals surface area contributed by atoms with Crippen molar-refractivity contribution in [2.75, 3.05) is 18.1 Å². The number of anilines is 1. The Morgan fingerprint density at radius 1 is 1.19 bits per heavy atom. The second-order valence-electron chi connectivity index (χ2n) is 6.52. The average Bonchev–Trinajstić information content (AvgIpc) is 3.32. The second kappa shape index (κ2) is 7.30. The lowest BCUT2D eigenvalue weighted by atomic mass is 10.2. The van der Waals surface area contributed by atoms with Gasteiger partial charge in [-0.1, -0.05) is 30.3 Å². The van der Waals surface area contributed by atoms with Gasteiger partial charge in [-0.05, 0) is 44.0 Å². The molecule has 2 heterocycles. The number of hydrogen-bond donors (Lipinski definition) is 0. The fourth-order valence-corrected chi connectivity index (χ4v) is 3.62. The molecule has 134 valence electrons. The van der Waals surface area contributed by atoms with Gasteiger partial charge in [-0.2, -0.15) is 0 Å². The summed E-state index contributed by atoms with van der Waals surface area (Å²) < 4.78 is 7.88. The van der Waals surface area contributed by atoms with E-state index in [1.54, 1.807) is 0 Å². The monoisotopic (exact) mass is 349 g/mol. The van der Waals surface area contributed by atoms with Crippen molar-refractivity contribution in [3.05, 3.63) is 60.4 Å². The molecule has 1 atom stereocenters. The maximum Gasteiger partial charge on any atom is 0.246 e. The van der Waals surface area contributed by atoms with Crippen LogP contribution in [0.3, 0.4) is 0 Å². The van der Waals surface area contributed by atoms with Crippen molar-refractivity contribution in [3.8, 4) is 0 Å². The van der Waals surface area contributed by atoms with Crippen molar-refractivity contribution < 1.29 is 9.53 Å². The maximum atomic E-state index is 13.1. The van der Waals surface area contributed by atoms with Crippen molar-refractivity contribution in [3.63, 3.8) is 0 Å². The van der Waals surface area contributed by atoms with Crippen LogP contribution in [0.2, 0.25) is 0 Å². The molecular weight excluding hydrogens is 326 g/mol. The van der Waals surface area contributed by atoms with E-state index in [0.29, 0.717) is 6.54 Å². The molecule has 0 spiro atoms. The molecule has 0 N–H and O–H groups in total. The number of carbonyl (C=O) groups is 1. The highest BCUT2D eigenvalue weighted by Crippen LogP contribution is 2.30. The molecule has 2 aromatic carbocycles. The van der Waals surface area contributed by atoms with Gasteiger partial charge in [0.1, 0.15) is 18.5 Å². The molecule has 1 aromatic heterocycles. The smallest absolute Gasteiger partial charge is 0.246 e. The quantitative estimate of drug-likeness (QED) is 0.701. The summed E-state index contributed by atoms with van der Waals surface area (Å²) in [6.45, 7) is 3.65. The molecule has 0 radical (unpaired) electrons. The van der Waals surface area contributed by atoms with Crippen LogP contribution in [0.15, 0.2) is 54.6 Å². The highest BCUT2D eigenvalue weighted by Gasteiger charge is 2.26. The van der Waals surface area contributed by atoms with Gasteiger partial charge in [0, 0.05) is 18.8 Å². The Labute approximate surface area is 153 Å². The number of hydrogen-bond acceptors (Lipinski definition) is 3. The number of benzene rings is 2. The topological polar surface area (TPSA) is 47.4 Å². The molecule has 1 fully saturated rings. The number of fused-ring (bicyclic) bond motifs is 1. The molecule has 1 aliphatic heterocycles. The van der Waals surface area contributed by atoms with E-state index in [0.717, 1.165) is 42.0 Å². The van der Waals surface area contributed by atoms with Crippen LogP contribution in [0.4, 0.5) is 5.69 Å². The molecule has 4 rings (SSSR count). The minimum absolute atomic E-state index is 0.0259. The Morgan fingerprint density at radius 3 is 2.69 bits per heavy atom. The molecule has 0 bridgehead atoms. The van der Waals surface area contributed by atoms with Gasteiger partial charge in [0.15, 0.2) is 0 Å². The van der Waals surface area contributed by atoms with Crippen LogP contribution in [0.1, 0.15) is 31.7 Å². The predicted octanol–water partition coefficient (Wildman–Crippen LogP) is 3.94. The van der Waals surface area contributed by atoms with E-state index in [1.807, 2.05) is 71.0 Å². The predicted molar refractivity (Wildman–Crippen MR) is 102 cm³/mol. The summed E-state index contributed by atoms with van der Waals surface area (Å²) in [5.74, 6) is 0.919. The summed E-state index contributed by atoms with van der Waals surface area (Å²) in [7, 11) is 0. The van der Waals surface area contributed by atoms with Crippen molar-refractivity contribution in [1.82, 2.24) is 9.55 Å². The number of para-hydroxylation sites is 3. The lowest BCUT2D eigenvalue weighted by Gasteiger charge is -2.22. The number of nitrogens with zero attached hydrogens (tertiary/aromatic N) is 3. The van der Waals surface area contributed by atoms with Crippen molar-refractivity contribution in [2.24, 2.45) is 0 Å². The number of imidazole rings is 1. The number of amides is 1. The average molecular weight is 349 g/mol. The molecule has 26 heavy (non-hydrogen) atoms. The van der Waals surface area contributed by atoms with E-state index in [1.165, 1.54) is 0 Å². The Hall–Kier alpha value is -2.66. The first-order valence-corrected chi connectivity index (χ1v) is 9.20. The Kier molecular flexibility index (Phi) is 4.71. The lowest BCUT2D eigenvalue weighted by Crippen LogP contribution is -2.34. The van der Waals surface area contributed by atoms with Crippen LogP contribution < -0.4 is 4.90 Å². The highest BCUT2D eigenvalue weighted by atomic mass is 16.5. The van der Waals surface area contributed by atoms with Crippen LogP contribution in [-0.2, 0) is 16.1 Å². The zero-order valence-electron chi connectivity index (χ0n) is 15.0. The third-order valence-electron chi connectivity index (χ3n) is 4.88. The molecule has 1 amide bonds. The summed E-state index contributed by atoms with van der Waals surface area (Å²) >= 11 is 0. The maximum absolute atomic E-state index is 13.1. The molecule has 0 aliphatic carbocycles. The van der Waals surface area contributed by atoms with Crippen LogP contribution in [-0.4, -0.2) is 28.6 Å². The fraction of sp³-hybridized carbons (Fsp3) is 0.333. The van der Waals surface area contributed by atoms with E-state index in [9.17, 15) is 4.79 Å². The van der Waals surface area contributed by atoms with E-state index in [2.05, 4.69) is 0 Å². The number of aromatic nitrogens is 2. The third kappa shape index (κ3) is 3.10. The minimum Gasteiger partial charge on any atom is -0.370 e. The van der Waals surface area contributed by atoms with E-state index in [-0.39, 0.29) is 18.6 Å². The number of rotatable bonds is 5. The van der Waals surface area contributed by atoms with E-state index in [4.69, 9.17) is 9.72 Å². The van der Waals surface area contributed by atoms with Crippen LogP contribution in [0, 0.1) is 0 Å². The Morgan fingerprint density at radius 2 is 1.96 bits per heavy atom. The summed E-state index contributed by atoms with van der Waals surface area (Å²) in [6.07, 6.45) is 1.96. The van der Waals surface area contributed by atoms with Crippen molar-refractivity contribution in [1.29, 1.82) is 0 Å². The third-order valence-corrected chi connectivity index (χ3v) is 4.88. The van der Waals surface area contributed by atoms with Gasteiger partial charge in [0.05, 0.1) is 11.0 Å². The minimum atomic E-state index is -0.0259. The molecule has 3 aromatic rings. The molecule has 1 unspecified atom stereocenters. The van der Waals surface area contributed by atoms with Gasteiger partial charge < -0.3 is 14.2 Å². The summed E-state index contributed by atoms with van der Waals surface area (Å²) in [6, 6.07) is 17.8. The molecule has 0 saturated carbocycles. The summed E-state index contributed by atoms with van der Waals surface area (Å²) in [5, 5.41) is 0. The number of likely N-dealkylation sites (N-methyl/N-ethyl adjacent to an activating group) is 1. The molecular formula is C21H23N3O2. The zero-order chi connectivity index (χ0) is 17.9. The van der Waals surface area contributed by atoms with E-state index < -0.39 is 0 Å². The van der Waals surface area contributed by atoms with Crippen molar-refractivity contribution >= 4 is 22.6 Å².